The van der Waals surface area contributed by atoms with Crippen LogP contribution in [0.1, 0.15) is 11.1 Å². The molecule has 3 rings (SSSR count). The summed E-state index contributed by atoms with van der Waals surface area (Å²) in [6.45, 7) is 0. The Balaban J connectivity index is 2.25. The minimum atomic E-state index is -1.30. The van der Waals surface area contributed by atoms with Gasteiger partial charge < -0.3 is 0 Å². The van der Waals surface area contributed by atoms with Gasteiger partial charge in [0, 0.05) is 0 Å². The first-order valence-electron chi connectivity index (χ1n) is 6.63. The van der Waals surface area contributed by atoms with E-state index in [1.165, 1.54) is 0 Å². The molecule has 0 saturated carbocycles. The van der Waals surface area contributed by atoms with Crippen LogP contribution in [0.15, 0.2) is 60.7 Å². The minimum absolute atomic E-state index is 0.404. The van der Waals surface area contributed by atoms with Crippen molar-refractivity contribution in [3.05, 3.63) is 71.8 Å². The van der Waals surface area contributed by atoms with Gasteiger partial charge in [0.05, 0.1) is 0 Å². The molecular formula is C16H12N2O3P+. The number of hydrogen-bond acceptors (Lipinski definition) is 3. The van der Waals surface area contributed by atoms with Crippen molar-refractivity contribution in [2.45, 2.75) is 5.54 Å². The van der Waals surface area contributed by atoms with E-state index in [4.69, 9.17) is 0 Å². The summed E-state index contributed by atoms with van der Waals surface area (Å²) in [7, 11) is -0.404. The Labute approximate surface area is 128 Å². The summed E-state index contributed by atoms with van der Waals surface area (Å²) in [4.78, 5) is 25.9. The molecule has 0 unspecified atom stereocenters. The number of carbonyl (C=O) groups is 2. The Kier molecular flexibility index (Phi) is 3.73. The van der Waals surface area contributed by atoms with Gasteiger partial charge in [-0.15, -0.1) is 0 Å². The SMILES string of the molecule is O=[P+]=CN1C(=O)NC(c2ccccc2)(c2ccccc2)C1=O. The predicted molar refractivity (Wildman–Crippen MR) is 82.7 cm³/mol. The number of carbonyl (C=O) groups excluding carboxylic acids is 2. The van der Waals surface area contributed by atoms with Crippen LogP contribution in [0, 0.1) is 0 Å². The van der Waals surface area contributed by atoms with Gasteiger partial charge in [-0.25, -0.2) is 0 Å². The van der Waals surface area contributed by atoms with Crippen LogP contribution in [-0.4, -0.2) is 22.8 Å². The monoisotopic (exact) mass is 311 g/mol. The van der Waals surface area contributed by atoms with E-state index in [0.29, 0.717) is 11.1 Å². The van der Waals surface area contributed by atoms with Crippen molar-refractivity contribution < 1.29 is 14.2 Å². The zero-order valence-corrected chi connectivity index (χ0v) is 12.4. The topological polar surface area (TPSA) is 66.5 Å². The van der Waals surface area contributed by atoms with Gasteiger partial charge >= 0.3 is 128 Å². The van der Waals surface area contributed by atoms with Crippen molar-refractivity contribution in [3.8, 4) is 0 Å². The number of urea groups is 1. The molecule has 0 atom stereocenters. The van der Waals surface area contributed by atoms with E-state index in [0.717, 1.165) is 10.8 Å². The van der Waals surface area contributed by atoms with Crippen LogP contribution in [0.25, 0.3) is 0 Å². The van der Waals surface area contributed by atoms with Crippen molar-refractivity contribution in [2.75, 3.05) is 0 Å². The van der Waals surface area contributed by atoms with Crippen LogP contribution < -0.4 is 5.32 Å². The van der Waals surface area contributed by atoms with Crippen molar-refractivity contribution >= 4 is 25.9 Å². The van der Waals surface area contributed by atoms with E-state index in [2.05, 4.69) is 5.32 Å². The number of benzene rings is 2. The molecule has 2 aromatic carbocycles. The zero-order valence-electron chi connectivity index (χ0n) is 11.5. The molecule has 0 radical (unpaired) electrons. The number of nitrogens with one attached hydrogen (secondary N) is 1. The Hall–Kier alpha value is -2.52. The van der Waals surface area contributed by atoms with Gasteiger partial charge in [0.2, 0.25) is 0 Å². The summed E-state index contributed by atoms with van der Waals surface area (Å²) in [6.07, 6.45) is 0. The second kappa shape index (κ2) is 5.70. The molecule has 1 N–H and O–H groups in total. The van der Waals surface area contributed by atoms with E-state index in [1.54, 1.807) is 48.5 Å². The number of nitrogens with zero attached hydrogens (tertiary/aromatic N) is 1. The van der Waals surface area contributed by atoms with Gasteiger partial charge in [-0.3, -0.25) is 0 Å². The van der Waals surface area contributed by atoms with E-state index < -0.39 is 25.6 Å². The number of imide groups is 1. The standard InChI is InChI=1S/C16H11N2O3P/c19-14-16(12-7-3-1-4-8-12,13-9-5-2-6-10-13)17-15(20)18(14)11-22-21/h1-11H/p+1. The molecule has 1 aliphatic heterocycles. The summed E-state index contributed by atoms with van der Waals surface area (Å²) >= 11 is 0. The molecule has 1 saturated heterocycles. The normalized spacial score (nSPS) is 16.3. The number of rotatable bonds is 3. The van der Waals surface area contributed by atoms with Crippen molar-refractivity contribution in [2.24, 2.45) is 0 Å². The van der Waals surface area contributed by atoms with E-state index in [9.17, 15) is 14.2 Å². The fourth-order valence-electron chi connectivity index (χ4n) is 2.63. The summed E-state index contributed by atoms with van der Waals surface area (Å²) in [5, 5.41) is 2.75. The van der Waals surface area contributed by atoms with Crippen LogP contribution in [-0.2, 0) is 14.9 Å². The average Bonchev–Trinajstić information content (AvgIpc) is 2.82. The van der Waals surface area contributed by atoms with Crippen molar-refractivity contribution in [3.63, 3.8) is 0 Å². The molecule has 1 fully saturated rings. The van der Waals surface area contributed by atoms with E-state index in [-0.39, 0.29) is 0 Å². The molecule has 0 spiro atoms. The van der Waals surface area contributed by atoms with Gasteiger partial charge in [-0.1, -0.05) is 0 Å². The second-order valence-electron chi connectivity index (χ2n) is 4.81. The summed E-state index contributed by atoms with van der Waals surface area (Å²) in [5.74, 6) is 0.559. The first kappa shape index (κ1) is 14.4. The zero-order chi connectivity index (χ0) is 15.6. The summed E-state index contributed by atoms with van der Waals surface area (Å²) in [6, 6.07) is 17.4. The van der Waals surface area contributed by atoms with Crippen LogP contribution in [0.3, 0.4) is 0 Å². The van der Waals surface area contributed by atoms with E-state index in [1.807, 2.05) is 12.1 Å². The van der Waals surface area contributed by atoms with Gasteiger partial charge in [0.25, 0.3) is 0 Å². The summed E-state index contributed by atoms with van der Waals surface area (Å²) in [5.41, 5.74) is -0.00289. The molecule has 1 aliphatic rings. The Morgan fingerprint density at radius 2 is 1.41 bits per heavy atom. The van der Waals surface area contributed by atoms with Crippen LogP contribution in [0.4, 0.5) is 4.79 Å². The summed E-state index contributed by atoms with van der Waals surface area (Å²) < 4.78 is 10.8. The van der Waals surface area contributed by atoms with E-state index >= 15 is 0 Å². The second-order valence-corrected chi connectivity index (χ2v) is 5.25. The molecular weight excluding hydrogens is 299 g/mol. The molecule has 108 valence electrons. The third-order valence-corrected chi connectivity index (χ3v) is 3.95. The third-order valence-electron chi connectivity index (χ3n) is 3.63. The van der Waals surface area contributed by atoms with Gasteiger partial charge in [-0.05, 0) is 0 Å². The molecule has 0 aromatic heterocycles. The van der Waals surface area contributed by atoms with Gasteiger partial charge in [0.15, 0.2) is 0 Å². The molecule has 2 aromatic rings. The fraction of sp³-hybridized carbons (Fsp3) is 0.0625. The molecule has 0 bridgehead atoms. The maximum atomic E-state index is 12.9. The van der Waals surface area contributed by atoms with Gasteiger partial charge in [-0.2, -0.15) is 0 Å². The van der Waals surface area contributed by atoms with Crippen LogP contribution in [0.2, 0.25) is 0 Å². The van der Waals surface area contributed by atoms with Crippen molar-refractivity contribution in [1.82, 2.24) is 10.2 Å². The average molecular weight is 311 g/mol. The Morgan fingerprint density at radius 1 is 0.909 bits per heavy atom. The molecule has 5 nitrogen and oxygen atoms in total. The Morgan fingerprint density at radius 3 is 1.86 bits per heavy atom. The van der Waals surface area contributed by atoms with Crippen molar-refractivity contribution in [1.29, 1.82) is 0 Å². The molecule has 6 heteroatoms. The molecule has 1 heterocycles. The molecule has 3 amide bonds. The third kappa shape index (κ3) is 2.11. The predicted octanol–water partition coefficient (Wildman–Crippen LogP) is 2.53. The Bertz CT molecular complexity index is 731. The van der Waals surface area contributed by atoms with Crippen LogP contribution >= 0.6 is 8.08 Å². The first-order valence-corrected chi connectivity index (χ1v) is 7.51. The number of amides is 3. The van der Waals surface area contributed by atoms with Crippen LogP contribution in [0.5, 0.6) is 0 Å². The maximum absolute atomic E-state index is 12.9. The molecule has 0 aliphatic carbocycles. The van der Waals surface area contributed by atoms with Gasteiger partial charge in [0.1, 0.15) is 0 Å². The molecule has 22 heavy (non-hydrogen) atoms. The quantitative estimate of drug-likeness (QED) is 0.699. The number of hydrogen-bond donors (Lipinski definition) is 1. The first-order chi connectivity index (χ1) is 10.7. The fourth-order valence-corrected chi connectivity index (χ4v) is 2.94.